The molecule has 1 heterocycles. The molecular weight excluding hydrogens is 399 g/mol. The molecule has 0 bridgehead atoms. The van der Waals surface area contributed by atoms with Crippen LogP contribution in [-0.2, 0) is 10.9 Å². The Kier molecular flexibility index (Phi) is 6.05. The van der Waals surface area contributed by atoms with Crippen LogP contribution in [0, 0.1) is 0 Å². The summed E-state index contributed by atoms with van der Waals surface area (Å²) in [7, 11) is 2.99. The molecule has 1 aromatic heterocycles. The molecule has 0 aliphatic heterocycles. The molecule has 0 spiro atoms. The highest BCUT2D eigenvalue weighted by molar-refractivity contribution is 6.02. The minimum atomic E-state index is -4.43. The van der Waals surface area contributed by atoms with Gasteiger partial charge in [0.2, 0.25) is 0 Å². The molecule has 0 atom stereocenters. The number of carbonyl (C=O) groups is 1. The monoisotopic (exact) mass is 419 g/mol. The number of carbonyl (C=O) groups excluding carboxylic acids is 1. The predicted octanol–water partition coefficient (Wildman–Crippen LogP) is 5.56. The average molecular weight is 419 g/mol. The molecule has 0 amide bonds. The summed E-state index contributed by atoms with van der Waals surface area (Å²) in [5, 5.41) is 0. The number of methoxy groups -OCH3 is 2. The second-order valence-electron chi connectivity index (χ2n) is 6.32. The molecule has 0 saturated heterocycles. The zero-order valence-corrected chi connectivity index (χ0v) is 16.6. The zero-order valence-electron chi connectivity index (χ0n) is 16.6. The number of rotatable bonds is 6. The van der Waals surface area contributed by atoms with Crippen molar-refractivity contribution in [3.05, 3.63) is 59.8 Å². The van der Waals surface area contributed by atoms with Crippen LogP contribution in [0.1, 0.15) is 22.8 Å². The van der Waals surface area contributed by atoms with Gasteiger partial charge in [-0.3, -0.25) is 0 Å². The number of aromatic nitrogens is 1. The minimum absolute atomic E-state index is 0.186. The van der Waals surface area contributed by atoms with E-state index in [1.165, 1.54) is 32.5 Å². The fourth-order valence-corrected chi connectivity index (χ4v) is 3.14. The standard InChI is InChI=1S/C22H20F3NO4/c1-4-30-21(27)16-12-26-20(13-5-8-15(9-6-13)22(23,24)25)19(16)14-7-10-17(28-2)18(11-14)29-3/h5-12,26H,4H2,1-3H3. The summed E-state index contributed by atoms with van der Waals surface area (Å²) in [6.07, 6.45) is -2.95. The van der Waals surface area contributed by atoms with E-state index in [1.54, 1.807) is 25.1 Å². The predicted molar refractivity (Wildman–Crippen MR) is 106 cm³/mol. The SMILES string of the molecule is CCOC(=O)c1c[nH]c(-c2ccc(C(F)(F)F)cc2)c1-c1ccc(OC)c(OC)c1. The Morgan fingerprint density at radius 3 is 2.17 bits per heavy atom. The van der Waals surface area contributed by atoms with E-state index < -0.39 is 17.7 Å². The number of benzene rings is 2. The molecule has 3 aromatic rings. The Balaban J connectivity index is 2.17. The summed E-state index contributed by atoms with van der Waals surface area (Å²) in [6, 6.07) is 9.82. The van der Waals surface area contributed by atoms with E-state index in [0.29, 0.717) is 33.9 Å². The first-order valence-electron chi connectivity index (χ1n) is 9.08. The van der Waals surface area contributed by atoms with Crippen molar-refractivity contribution in [3.63, 3.8) is 0 Å². The molecule has 158 valence electrons. The summed E-state index contributed by atoms with van der Waals surface area (Å²) in [4.78, 5) is 15.5. The number of nitrogens with one attached hydrogen (secondary N) is 1. The third kappa shape index (κ3) is 4.12. The van der Waals surface area contributed by atoms with Crippen LogP contribution in [0.2, 0.25) is 0 Å². The van der Waals surface area contributed by atoms with Crippen LogP contribution >= 0.6 is 0 Å². The van der Waals surface area contributed by atoms with E-state index >= 15 is 0 Å². The first-order valence-corrected chi connectivity index (χ1v) is 9.08. The van der Waals surface area contributed by atoms with Crippen molar-refractivity contribution < 1.29 is 32.2 Å². The number of hydrogen-bond acceptors (Lipinski definition) is 4. The van der Waals surface area contributed by atoms with Crippen molar-refractivity contribution >= 4 is 5.97 Å². The number of esters is 1. The van der Waals surface area contributed by atoms with Crippen molar-refractivity contribution in [3.8, 4) is 33.9 Å². The lowest BCUT2D eigenvalue weighted by atomic mass is 9.97. The molecule has 5 nitrogen and oxygen atoms in total. The highest BCUT2D eigenvalue weighted by Crippen LogP contribution is 2.40. The normalized spacial score (nSPS) is 11.3. The Hall–Kier alpha value is -3.42. The van der Waals surface area contributed by atoms with E-state index in [0.717, 1.165) is 12.1 Å². The third-order valence-corrected chi connectivity index (χ3v) is 4.55. The topological polar surface area (TPSA) is 60.6 Å². The first-order chi connectivity index (χ1) is 14.3. The van der Waals surface area contributed by atoms with Gasteiger partial charge in [-0.05, 0) is 42.3 Å². The third-order valence-electron chi connectivity index (χ3n) is 4.55. The van der Waals surface area contributed by atoms with Gasteiger partial charge in [0.25, 0.3) is 0 Å². The fourth-order valence-electron chi connectivity index (χ4n) is 3.14. The molecule has 0 unspecified atom stereocenters. The minimum Gasteiger partial charge on any atom is -0.493 e. The number of halogens is 3. The lowest BCUT2D eigenvalue weighted by molar-refractivity contribution is -0.137. The maximum absolute atomic E-state index is 12.9. The van der Waals surface area contributed by atoms with Gasteiger partial charge in [-0.2, -0.15) is 13.2 Å². The van der Waals surface area contributed by atoms with E-state index in [4.69, 9.17) is 14.2 Å². The highest BCUT2D eigenvalue weighted by Gasteiger charge is 2.30. The first kappa shape index (κ1) is 21.3. The van der Waals surface area contributed by atoms with Gasteiger partial charge >= 0.3 is 12.1 Å². The van der Waals surface area contributed by atoms with Gasteiger partial charge in [0.15, 0.2) is 11.5 Å². The van der Waals surface area contributed by atoms with Crippen molar-refractivity contribution in [1.82, 2.24) is 4.98 Å². The van der Waals surface area contributed by atoms with Gasteiger partial charge in [-0.1, -0.05) is 18.2 Å². The number of aromatic amines is 1. The lowest BCUT2D eigenvalue weighted by Gasteiger charge is -2.13. The summed E-state index contributed by atoms with van der Waals surface area (Å²) < 4.78 is 54.5. The Labute approximate surface area is 171 Å². The largest absolute Gasteiger partial charge is 0.493 e. The van der Waals surface area contributed by atoms with Crippen molar-refractivity contribution in [1.29, 1.82) is 0 Å². The molecule has 0 aliphatic rings. The Morgan fingerprint density at radius 2 is 1.60 bits per heavy atom. The van der Waals surface area contributed by atoms with E-state index in [9.17, 15) is 18.0 Å². The van der Waals surface area contributed by atoms with Gasteiger partial charge in [0.1, 0.15) is 0 Å². The van der Waals surface area contributed by atoms with Crippen LogP contribution in [0.4, 0.5) is 13.2 Å². The summed E-state index contributed by atoms with van der Waals surface area (Å²) in [5.41, 5.74) is 1.60. The lowest BCUT2D eigenvalue weighted by Crippen LogP contribution is -2.05. The summed E-state index contributed by atoms with van der Waals surface area (Å²) in [5.74, 6) is 0.409. The van der Waals surface area contributed by atoms with Crippen LogP contribution in [0.15, 0.2) is 48.7 Å². The van der Waals surface area contributed by atoms with Gasteiger partial charge in [0.05, 0.1) is 37.6 Å². The van der Waals surface area contributed by atoms with Crippen LogP contribution in [0.5, 0.6) is 11.5 Å². The molecule has 0 fully saturated rings. The van der Waals surface area contributed by atoms with Gasteiger partial charge in [-0.25, -0.2) is 4.79 Å². The zero-order chi connectivity index (χ0) is 21.9. The van der Waals surface area contributed by atoms with Crippen LogP contribution in [0.3, 0.4) is 0 Å². The number of alkyl halides is 3. The second-order valence-corrected chi connectivity index (χ2v) is 6.32. The molecular formula is C22H20F3NO4. The Bertz CT molecular complexity index is 1040. The van der Waals surface area contributed by atoms with E-state index in [-0.39, 0.29) is 12.2 Å². The second kappa shape index (κ2) is 8.52. The fraction of sp³-hybridized carbons (Fsp3) is 0.227. The Morgan fingerprint density at radius 1 is 0.967 bits per heavy atom. The number of hydrogen-bond donors (Lipinski definition) is 1. The molecule has 0 saturated carbocycles. The van der Waals surface area contributed by atoms with Gasteiger partial charge < -0.3 is 19.2 Å². The molecule has 0 radical (unpaired) electrons. The van der Waals surface area contributed by atoms with Gasteiger partial charge in [0, 0.05) is 11.8 Å². The molecule has 2 aromatic carbocycles. The molecule has 8 heteroatoms. The number of ether oxygens (including phenoxy) is 3. The van der Waals surface area contributed by atoms with Crippen LogP contribution in [0.25, 0.3) is 22.4 Å². The molecule has 1 N–H and O–H groups in total. The van der Waals surface area contributed by atoms with Crippen LogP contribution in [-0.4, -0.2) is 31.8 Å². The van der Waals surface area contributed by atoms with Crippen LogP contribution < -0.4 is 9.47 Å². The van der Waals surface area contributed by atoms with Crippen molar-refractivity contribution in [2.75, 3.05) is 20.8 Å². The molecule has 0 aliphatic carbocycles. The van der Waals surface area contributed by atoms with Crippen molar-refractivity contribution in [2.45, 2.75) is 13.1 Å². The van der Waals surface area contributed by atoms with E-state index in [1.807, 2.05) is 0 Å². The smallest absolute Gasteiger partial charge is 0.416 e. The van der Waals surface area contributed by atoms with Gasteiger partial charge in [-0.15, -0.1) is 0 Å². The summed E-state index contributed by atoms with van der Waals surface area (Å²) >= 11 is 0. The quantitative estimate of drug-likeness (QED) is 0.532. The molecule has 30 heavy (non-hydrogen) atoms. The molecule has 3 rings (SSSR count). The summed E-state index contributed by atoms with van der Waals surface area (Å²) in [6.45, 7) is 1.88. The maximum atomic E-state index is 12.9. The van der Waals surface area contributed by atoms with E-state index in [2.05, 4.69) is 4.98 Å². The number of H-pyrrole nitrogens is 1. The highest BCUT2D eigenvalue weighted by atomic mass is 19.4. The van der Waals surface area contributed by atoms with Crippen molar-refractivity contribution in [2.24, 2.45) is 0 Å². The maximum Gasteiger partial charge on any atom is 0.416 e. The average Bonchev–Trinajstić information content (AvgIpc) is 3.18.